The van der Waals surface area contributed by atoms with Crippen LogP contribution in [0.5, 0.6) is 0 Å². The Hall–Kier alpha value is -0.570. The van der Waals surface area contributed by atoms with Gasteiger partial charge in [-0.25, -0.2) is 0 Å². The van der Waals surface area contributed by atoms with E-state index in [0.29, 0.717) is 12.6 Å². The molecule has 0 spiro atoms. The normalized spacial score (nSPS) is 19.5. The number of hydrogen-bond acceptors (Lipinski definition) is 2. The van der Waals surface area contributed by atoms with E-state index in [4.69, 9.17) is 0 Å². The Labute approximate surface area is 93.0 Å². The molecule has 1 fully saturated rings. The third-order valence-corrected chi connectivity index (χ3v) is 3.14. The third kappa shape index (κ3) is 4.65. The van der Waals surface area contributed by atoms with Gasteiger partial charge >= 0.3 is 0 Å². The van der Waals surface area contributed by atoms with Crippen molar-refractivity contribution in [3.05, 3.63) is 0 Å². The molecule has 0 heterocycles. The van der Waals surface area contributed by atoms with E-state index in [-0.39, 0.29) is 11.9 Å². The molecule has 1 saturated carbocycles. The summed E-state index contributed by atoms with van der Waals surface area (Å²) in [5, 5.41) is 6.20. The summed E-state index contributed by atoms with van der Waals surface area (Å²) in [6.07, 6.45) is 5.35. The van der Waals surface area contributed by atoms with Crippen LogP contribution in [-0.2, 0) is 4.79 Å². The standard InChI is InChI=1S/C12H24N2O/c1-9(2)14-12(15)8-13-10(3)11-6-4-5-7-11/h9-11,13H,4-8H2,1-3H3,(H,14,15). The molecule has 3 nitrogen and oxygen atoms in total. The smallest absolute Gasteiger partial charge is 0.234 e. The first-order chi connectivity index (χ1) is 7.09. The lowest BCUT2D eigenvalue weighted by molar-refractivity contribution is -0.120. The second-order valence-electron chi connectivity index (χ2n) is 4.94. The monoisotopic (exact) mass is 212 g/mol. The van der Waals surface area contributed by atoms with Crippen LogP contribution < -0.4 is 10.6 Å². The Kier molecular flexibility index (Phi) is 5.09. The molecule has 1 atom stereocenters. The number of rotatable bonds is 5. The minimum Gasteiger partial charge on any atom is -0.353 e. The zero-order chi connectivity index (χ0) is 11.3. The Morgan fingerprint density at radius 2 is 1.87 bits per heavy atom. The Morgan fingerprint density at radius 3 is 2.40 bits per heavy atom. The molecule has 1 unspecified atom stereocenters. The van der Waals surface area contributed by atoms with E-state index in [2.05, 4.69) is 17.6 Å². The van der Waals surface area contributed by atoms with E-state index in [0.717, 1.165) is 5.92 Å². The van der Waals surface area contributed by atoms with Crippen LogP contribution in [0.1, 0.15) is 46.5 Å². The highest BCUT2D eigenvalue weighted by molar-refractivity contribution is 5.78. The summed E-state index contributed by atoms with van der Waals surface area (Å²) in [4.78, 5) is 11.4. The molecule has 15 heavy (non-hydrogen) atoms. The average molecular weight is 212 g/mol. The van der Waals surface area contributed by atoms with Crippen LogP contribution in [0.15, 0.2) is 0 Å². The van der Waals surface area contributed by atoms with Gasteiger partial charge in [0.05, 0.1) is 6.54 Å². The summed E-state index contributed by atoms with van der Waals surface area (Å²) in [6, 6.07) is 0.714. The van der Waals surface area contributed by atoms with Crippen molar-refractivity contribution in [1.29, 1.82) is 0 Å². The number of carbonyl (C=O) groups is 1. The van der Waals surface area contributed by atoms with Gasteiger partial charge < -0.3 is 10.6 Å². The number of amides is 1. The molecule has 0 aliphatic heterocycles. The van der Waals surface area contributed by atoms with Crippen LogP contribution in [0, 0.1) is 5.92 Å². The second kappa shape index (κ2) is 6.11. The first kappa shape index (κ1) is 12.5. The Balaban J connectivity index is 2.15. The van der Waals surface area contributed by atoms with Crippen LogP contribution in [0.4, 0.5) is 0 Å². The molecule has 1 aliphatic rings. The van der Waals surface area contributed by atoms with Crippen LogP contribution in [-0.4, -0.2) is 24.5 Å². The third-order valence-electron chi connectivity index (χ3n) is 3.14. The molecule has 0 aromatic heterocycles. The van der Waals surface area contributed by atoms with Gasteiger partial charge in [0.15, 0.2) is 0 Å². The average Bonchev–Trinajstić information content (AvgIpc) is 2.65. The lowest BCUT2D eigenvalue weighted by atomic mass is 10.00. The molecule has 0 bridgehead atoms. The van der Waals surface area contributed by atoms with Crippen LogP contribution in [0.2, 0.25) is 0 Å². The van der Waals surface area contributed by atoms with Crippen molar-refractivity contribution in [3.63, 3.8) is 0 Å². The quantitative estimate of drug-likeness (QED) is 0.728. The molecule has 88 valence electrons. The summed E-state index contributed by atoms with van der Waals surface area (Å²) < 4.78 is 0. The molecular formula is C12H24N2O. The molecule has 2 N–H and O–H groups in total. The van der Waals surface area contributed by atoms with Crippen molar-refractivity contribution in [2.24, 2.45) is 5.92 Å². The number of hydrogen-bond donors (Lipinski definition) is 2. The fourth-order valence-corrected chi connectivity index (χ4v) is 2.25. The van der Waals surface area contributed by atoms with Gasteiger partial charge in [0.2, 0.25) is 5.91 Å². The zero-order valence-electron chi connectivity index (χ0n) is 10.2. The maximum Gasteiger partial charge on any atom is 0.234 e. The Morgan fingerprint density at radius 1 is 1.27 bits per heavy atom. The highest BCUT2D eigenvalue weighted by atomic mass is 16.1. The first-order valence-electron chi connectivity index (χ1n) is 6.12. The maximum absolute atomic E-state index is 11.4. The van der Waals surface area contributed by atoms with E-state index in [1.165, 1.54) is 25.7 Å². The van der Waals surface area contributed by atoms with Crippen LogP contribution >= 0.6 is 0 Å². The van der Waals surface area contributed by atoms with Crippen molar-refractivity contribution < 1.29 is 4.79 Å². The highest BCUT2D eigenvalue weighted by Crippen LogP contribution is 2.27. The van der Waals surface area contributed by atoms with Crippen molar-refractivity contribution in [1.82, 2.24) is 10.6 Å². The fraction of sp³-hybridized carbons (Fsp3) is 0.917. The SMILES string of the molecule is CC(C)NC(=O)CNC(C)C1CCCC1. The predicted molar refractivity (Wildman–Crippen MR) is 62.7 cm³/mol. The van der Waals surface area contributed by atoms with Crippen LogP contribution in [0.3, 0.4) is 0 Å². The predicted octanol–water partition coefficient (Wildman–Crippen LogP) is 1.68. The molecular weight excluding hydrogens is 188 g/mol. The van der Waals surface area contributed by atoms with Gasteiger partial charge in [0, 0.05) is 12.1 Å². The maximum atomic E-state index is 11.4. The van der Waals surface area contributed by atoms with E-state index in [1.54, 1.807) is 0 Å². The Bertz CT molecular complexity index is 198. The van der Waals surface area contributed by atoms with Gasteiger partial charge in [-0.2, -0.15) is 0 Å². The fourth-order valence-electron chi connectivity index (χ4n) is 2.25. The summed E-state index contributed by atoms with van der Waals surface area (Å²) >= 11 is 0. The summed E-state index contributed by atoms with van der Waals surface area (Å²) in [5.41, 5.74) is 0. The minimum absolute atomic E-state index is 0.106. The summed E-state index contributed by atoms with van der Waals surface area (Å²) in [6.45, 7) is 6.62. The molecule has 0 aromatic carbocycles. The number of carbonyl (C=O) groups excluding carboxylic acids is 1. The van der Waals surface area contributed by atoms with Gasteiger partial charge in [0.1, 0.15) is 0 Å². The molecule has 1 aliphatic carbocycles. The lowest BCUT2D eigenvalue weighted by Gasteiger charge is -2.20. The van der Waals surface area contributed by atoms with E-state index in [1.807, 2.05) is 13.8 Å². The van der Waals surface area contributed by atoms with Crippen molar-refractivity contribution in [2.75, 3.05) is 6.54 Å². The lowest BCUT2D eigenvalue weighted by Crippen LogP contribution is -2.42. The molecule has 3 heteroatoms. The van der Waals surface area contributed by atoms with E-state index >= 15 is 0 Å². The summed E-state index contributed by atoms with van der Waals surface area (Å²) in [5.74, 6) is 0.881. The molecule has 0 saturated heterocycles. The van der Waals surface area contributed by atoms with Gasteiger partial charge in [-0.15, -0.1) is 0 Å². The van der Waals surface area contributed by atoms with Crippen molar-refractivity contribution in [2.45, 2.75) is 58.5 Å². The largest absolute Gasteiger partial charge is 0.353 e. The molecule has 1 amide bonds. The topological polar surface area (TPSA) is 41.1 Å². The zero-order valence-corrected chi connectivity index (χ0v) is 10.2. The van der Waals surface area contributed by atoms with Gasteiger partial charge in [-0.05, 0) is 39.5 Å². The second-order valence-corrected chi connectivity index (χ2v) is 4.94. The number of nitrogens with one attached hydrogen (secondary N) is 2. The highest BCUT2D eigenvalue weighted by Gasteiger charge is 2.21. The van der Waals surface area contributed by atoms with Gasteiger partial charge in [-0.1, -0.05) is 12.8 Å². The van der Waals surface area contributed by atoms with Gasteiger partial charge in [0.25, 0.3) is 0 Å². The van der Waals surface area contributed by atoms with E-state index in [9.17, 15) is 4.79 Å². The molecule has 0 radical (unpaired) electrons. The van der Waals surface area contributed by atoms with Gasteiger partial charge in [-0.3, -0.25) is 4.79 Å². The summed E-state index contributed by atoms with van der Waals surface area (Å²) in [7, 11) is 0. The van der Waals surface area contributed by atoms with Crippen LogP contribution in [0.25, 0.3) is 0 Å². The van der Waals surface area contributed by atoms with Crippen molar-refractivity contribution >= 4 is 5.91 Å². The van der Waals surface area contributed by atoms with Crippen molar-refractivity contribution in [3.8, 4) is 0 Å². The van der Waals surface area contributed by atoms with E-state index < -0.39 is 0 Å². The molecule has 0 aromatic rings. The molecule has 1 rings (SSSR count). The minimum atomic E-state index is 0.106. The first-order valence-corrected chi connectivity index (χ1v) is 6.12.